The number of hydrogen-bond acceptors (Lipinski definition) is 0. The van der Waals surface area contributed by atoms with Crippen LogP contribution in [0.25, 0.3) is 17.2 Å². The number of allylic oxidation sites excluding steroid dienone is 1. The smallest absolute Gasteiger partial charge is 0.00604 e. The van der Waals surface area contributed by atoms with Gasteiger partial charge in [0, 0.05) is 0 Å². The van der Waals surface area contributed by atoms with Gasteiger partial charge < -0.3 is 0 Å². The molecule has 0 atom stereocenters. The molecular formula is C20H22. The van der Waals surface area contributed by atoms with E-state index in [1.807, 2.05) is 0 Å². The molecule has 0 radical (unpaired) electrons. The van der Waals surface area contributed by atoms with Gasteiger partial charge in [-0.1, -0.05) is 35.9 Å². The molecule has 3 rings (SSSR count). The van der Waals surface area contributed by atoms with Crippen molar-refractivity contribution in [3.8, 4) is 11.1 Å². The molecule has 0 heterocycles. The van der Waals surface area contributed by atoms with E-state index in [1.165, 1.54) is 50.1 Å². The summed E-state index contributed by atoms with van der Waals surface area (Å²) in [6.45, 7) is 11.2. The normalized spacial score (nSPS) is 13.3. The standard InChI is InChI=1S/C20H22/c1-12-9-17-7-6-8-18(19(17)10-12)20-15(4)13(2)11-14(3)16(20)5/h6-8,10-11H,9H2,1-5H3. The minimum absolute atomic E-state index is 1.10. The van der Waals surface area contributed by atoms with Gasteiger partial charge in [-0.15, -0.1) is 0 Å². The molecule has 0 aliphatic heterocycles. The summed E-state index contributed by atoms with van der Waals surface area (Å²) in [5, 5.41) is 0. The van der Waals surface area contributed by atoms with Crippen molar-refractivity contribution in [2.75, 3.05) is 0 Å². The maximum absolute atomic E-state index is 2.36. The van der Waals surface area contributed by atoms with Crippen molar-refractivity contribution >= 4 is 6.08 Å². The van der Waals surface area contributed by atoms with Gasteiger partial charge >= 0.3 is 0 Å². The fraction of sp³-hybridized carbons (Fsp3) is 0.300. The largest absolute Gasteiger partial charge is 0.0683 e. The Labute approximate surface area is 122 Å². The molecule has 0 aromatic heterocycles. The van der Waals surface area contributed by atoms with E-state index in [2.05, 4.69) is 65.0 Å². The van der Waals surface area contributed by atoms with Crippen LogP contribution in [0.3, 0.4) is 0 Å². The molecule has 0 saturated carbocycles. The third kappa shape index (κ3) is 1.91. The fourth-order valence-electron chi connectivity index (χ4n) is 3.37. The first-order valence-electron chi connectivity index (χ1n) is 7.36. The molecule has 1 aliphatic rings. The zero-order valence-corrected chi connectivity index (χ0v) is 13.1. The highest BCUT2D eigenvalue weighted by atomic mass is 14.2. The quantitative estimate of drug-likeness (QED) is 0.632. The van der Waals surface area contributed by atoms with Gasteiger partial charge in [-0.3, -0.25) is 0 Å². The van der Waals surface area contributed by atoms with Gasteiger partial charge in [-0.2, -0.15) is 0 Å². The Morgan fingerprint density at radius 1 is 0.850 bits per heavy atom. The molecular weight excluding hydrogens is 240 g/mol. The van der Waals surface area contributed by atoms with Gasteiger partial charge in [0.25, 0.3) is 0 Å². The van der Waals surface area contributed by atoms with E-state index in [4.69, 9.17) is 0 Å². The molecule has 102 valence electrons. The number of rotatable bonds is 1. The second kappa shape index (κ2) is 4.63. The molecule has 1 aliphatic carbocycles. The lowest BCUT2D eigenvalue weighted by molar-refractivity contribution is 1.19. The lowest BCUT2D eigenvalue weighted by Gasteiger charge is -2.18. The fourth-order valence-corrected chi connectivity index (χ4v) is 3.37. The minimum atomic E-state index is 1.10. The van der Waals surface area contributed by atoms with Crippen molar-refractivity contribution in [1.29, 1.82) is 0 Å². The van der Waals surface area contributed by atoms with Crippen LogP contribution >= 0.6 is 0 Å². The Kier molecular flexibility index (Phi) is 3.05. The van der Waals surface area contributed by atoms with Crippen LogP contribution in [0.1, 0.15) is 40.3 Å². The van der Waals surface area contributed by atoms with Crippen LogP contribution < -0.4 is 0 Å². The van der Waals surface area contributed by atoms with Gasteiger partial charge in [0.15, 0.2) is 0 Å². The summed E-state index contributed by atoms with van der Waals surface area (Å²) >= 11 is 0. The summed E-state index contributed by atoms with van der Waals surface area (Å²) in [6.07, 6.45) is 3.47. The molecule has 2 aromatic rings. The molecule has 20 heavy (non-hydrogen) atoms. The van der Waals surface area contributed by atoms with Crippen LogP contribution in [-0.4, -0.2) is 0 Å². The third-order valence-corrected chi connectivity index (χ3v) is 4.69. The van der Waals surface area contributed by atoms with Crippen molar-refractivity contribution in [2.45, 2.75) is 41.0 Å². The van der Waals surface area contributed by atoms with Crippen molar-refractivity contribution in [1.82, 2.24) is 0 Å². The number of fused-ring (bicyclic) bond motifs is 1. The predicted octanol–water partition coefficient (Wildman–Crippen LogP) is 5.55. The molecule has 0 spiro atoms. The zero-order chi connectivity index (χ0) is 14.4. The summed E-state index contributed by atoms with van der Waals surface area (Å²) in [4.78, 5) is 0. The van der Waals surface area contributed by atoms with E-state index in [9.17, 15) is 0 Å². The second-order valence-electron chi connectivity index (χ2n) is 6.18. The van der Waals surface area contributed by atoms with E-state index in [0.717, 1.165) is 6.42 Å². The Balaban J connectivity index is 2.34. The topological polar surface area (TPSA) is 0 Å². The van der Waals surface area contributed by atoms with Crippen LogP contribution in [0.2, 0.25) is 0 Å². The van der Waals surface area contributed by atoms with E-state index >= 15 is 0 Å². The molecule has 0 N–H and O–H groups in total. The summed E-state index contributed by atoms with van der Waals surface area (Å²) in [7, 11) is 0. The Morgan fingerprint density at radius 3 is 2.15 bits per heavy atom. The molecule has 0 bridgehead atoms. The maximum Gasteiger partial charge on any atom is -0.00604 e. The van der Waals surface area contributed by atoms with E-state index in [1.54, 1.807) is 0 Å². The average Bonchev–Trinajstić information content (AvgIpc) is 2.78. The van der Waals surface area contributed by atoms with Crippen LogP contribution in [0.5, 0.6) is 0 Å². The first-order chi connectivity index (χ1) is 9.49. The van der Waals surface area contributed by atoms with E-state index in [-0.39, 0.29) is 0 Å². The highest BCUT2D eigenvalue weighted by molar-refractivity contribution is 5.84. The molecule has 0 heteroatoms. The van der Waals surface area contributed by atoms with E-state index in [0.29, 0.717) is 0 Å². The van der Waals surface area contributed by atoms with Crippen LogP contribution in [0.4, 0.5) is 0 Å². The summed E-state index contributed by atoms with van der Waals surface area (Å²) in [5.74, 6) is 0. The summed E-state index contributed by atoms with van der Waals surface area (Å²) in [6, 6.07) is 9.05. The zero-order valence-electron chi connectivity index (χ0n) is 13.1. The highest BCUT2D eigenvalue weighted by Gasteiger charge is 2.18. The van der Waals surface area contributed by atoms with Gasteiger partial charge in [-0.25, -0.2) is 0 Å². The Hall–Kier alpha value is -1.82. The molecule has 0 saturated heterocycles. The van der Waals surface area contributed by atoms with Crippen molar-refractivity contribution in [3.05, 3.63) is 63.2 Å². The number of aryl methyl sites for hydroxylation is 2. The first-order valence-corrected chi connectivity index (χ1v) is 7.36. The summed E-state index contributed by atoms with van der Waals surface area (Å²) < 4.78 is 0. The van der Waals surface area contributed by atoms with Gasteiger partial charge in [0.2, 0.25) is 0 Å². The van der Waals surface area contributed by atoms with Crippen molar-refractivity contribution < 1.29 is 0 Å². The lowest BCUT2D eigenvalue weighted by Crippen LogP contribution is -1.97. The number of hydrogen-bond donors (Lipinski definition) is 0. The summed E-state index contributed by atoms with van der Waals surface area (Å²) in [5.41, 5.74) is 12.8. The van der Waals surface area contributed by atoms with Crippen LogP contribution in [-0.2, 0) is 6.42 Å². The average molecular weight is 262 g/mol. The van der Waals surface area contributed by atoms with Crippen molar-refractivity contribution in [2.24, 2.45) is 0 Å². The molecule has 0 amide bonds. The predicted molar refractivity (Wildman–Crippen MR) is 88.2 cm³/mol. The van der Waals surface area contributed by atoms with Gasteiger partial charge in [0.1, 0.15) is 0 Å². The Bertz CT molecular complexity index is 704. The first kappa shape index (κ1) is 13.2. The molecule has 0 unspecified atom stereocenters. The van der Waals surface area contributed by atoms with Crippen LogP contribution in [0.15, 0.2) is 29.8 Å². The van der Waals surface area contributed by atoms with Gasteiger partial charge in [0.05, 0.1) is 0 Å². The SMILES string of the molecule is CC1=Cc2c(cccc2-c2c(C)c(C)cc(C)c2C)C1. The minimum Gasteiger partial charge on any atom is -0.0683 e. The van der Waals surface area contributed by atoms with E-state index < -0.39 is 0 Å². The third-order valence-electron chi connectivity index (χ3n) is 4.69. The Morgan fingerprint density at radius 2 is 1.50 bits per heavy atom. The second-order valence-corrected chi connectivity index (χ2v) is 6.18. The molecule has 2 aromatic carbocycles. The molecule has 0 nitrogen and oxygen atoms in total. The number of benzene rings is 2. The highest BCUT2D eigenvalue weighted by Crippen LogP contribution is 2.38. The van der Waals surface area contributed by atoms with Gasteiger partial charge in [-0.05, 0) is 85.5 Å². The maximum atomic E-state index is 2.36. The van der Waals surface area contributed by atoms with Crippen LogP contribution in [0, 0.1) is 27.7 Å². The molecule has 0 fully saturated rings. The lowest BCUT2D eigenvalue weighted by atomic mass is 9.87. The monoisotopic (exact) mass is 262 g/mol. The van der Waals surface area contributed by atoms with Crippen molar-refractivity contribution in [3.63, 3.8) is 0 Å².